The second-order valence-corrected chi connectivity index (χ2v) is 6.42. The molecular formula is C22H21F3O6. The van der Waals surface area contributed by atoms with Gasteiger partial charge in [0.25, 0.3) is 0 Å². The molecule has 0 heterocycles. The summed E-state index contributed by atoms with van der Waals surface area (Å²) < 4.78 is 52.4. The standard InChI is InChI=1S/C22H21F3O6/c1-29-19-14-16(7-10-18(19)30-13-3-2-12-22(23,24)25)21(28)31-17-8-4-15(5-9-17)6-11-20(26)27/h4-11,14H,2-3,12-13H2,1H3,(H,26,27). The van der Waals surface area contributed by atoms with Gasteiger partial charge in [0.2, 0.25) is 0 Å². The van der Waals surface area contributed by atoms with Crippen molar-refractivity contribution >= 4 is 18.0 Å². The normalized spacial score (nSPS) is 11.4. The fraction of sp³-hybridized carbons (Fsp3) is 0.273. The molecule has 6 nitrogen and oxygen atoms in total. The zero-order valence-electron chi connectivity index (χ0n) is 16.6. The second-order valence-electron chi connectivity index (χ2n) is 6.42. The molecule has 0 aliphatic rings. The third kappa shape index (κ3) is 8.41. The highest BCUT2D eigenvalue weighted by atomic mass is 19.4. The minimum atomic E-state index is -4.19. The fourth-order valence-corrected chi connectivity index (χ4v) is 2.50. The highest BCUT2D eigenvalue weighted by molar-refractivity contribution is 5.92. The van der Waals surface area contributed by atoms with Crippen LogP contribution in [0.25, 0.3) is 6.08 Å². The quantitative estimate of drug-likeness (QED) is 0.240. The average Bonchev–Trinajstić information content (AvgIpc) is 2.72. The lowest BCUT2D eigenvalue weighted by molar-refractivity contribution is -0.136. The van der Waals surface area contributed by atoms with E-state index in [0.29, 0.717) is 11.3 Å². The van der Waals surface area contributed by atoms with E-state index in [-0.39, 0.29) is 36.5 Å². The first-order valence-electron chi connectivity index (χ1n) is 9.29. The summed E-state index contributed by atoms with van der Waals surface area (Å²) in [5.41, 5.74) is 0.816. The molecule has 0 amide bonds. The Kier molecular flexibility index (Phi) is 8.48. The van der Waals surface area contributed by atoms with Crippen LogP contribution in [0.2, 0.25) is 0 Å². The summed E-state index contributed by atoms with van der Waals surface area (Å²) in [4.78, 5) is 22.9. The monoisotopic (exact) mass is 438 g/mol. The van der Waals surface area contributed by atoms with Gasteiger partial charge in [-0.15, -0.1) is 0 Å². The number of hydrogen-bond acceptors (Lipinski definition) is 5. The van der Waals surface area contributed by atoms with E-state index in [1.807, 2.05) is 0 Å². The molecule has 2 rings (SSSR count). The van der Waals surface area contributed by atoms with Crippen molar-refractivity contribution in [3.63, 3.8) is 0 Å². The molecule has 0 aliphatic carbocycles. The van der Waals surface area contributed by atoms with E-state index in [1.54, 1.807) is 12.1 Å². The smallest absolute Gasteiger partial charge is 0.389 e. The highest BCUT2D eigenvalue weighted by Crippen LogP contribution is 2.29. The Hall–Kier alpha value is -3.49. The molecule has 0 aliphatic heterocycles. The van der Waals surface area contributed by atoms with Gasteiger partial charge < -0.3 is 19.3 Å². The Morgan fingerprint density at radius 1 is 1.03 bits per heavy atom. The third-order valence-electron chi connectivity index (χ3n) is 4.02. The summed E-state index contributed by atoms with van der Waals surface area (Å²) in [5, 5.41) is 8.62. The van der Waals surface area contributed by atoms with Gasteiger partial charge >= 0.3 is 18.1 Å². The third-order valence-corrected chi connectivity index (χ3v) is 4.02. The first-order chi connectivity index (χ1) is 14.7. The number of unbranched alkanes of at least 4 members (excludes halogenated alkanes) is 1. The molecule has 0 saturated carbocycles. The molecule has 9 heteroatoms. The van der Waals surface area contributed by atoms with Crippen LogP contribution in [0.5, 0.6) is 17.2 Å². The lowest BCUT2D eigenvalue weighted by Gasteiger charge is -2.12. The topological polar surface area (TPSA) is 82.1 Å². The summed E-state index contributed by atoms with van der Waals surface area (Å²) >= 11 is 0. The van der Waals surface area contributed by atoms with E-state index in [1.165, 1.54) is 43.5 Å². The number of carboxylic acids is 1. The van der Waals surface area contributed by atoms with Crippen LogP contribution in [0.4, 0.5) is 13.2 Å². The molecule has 0 fully saturated rings. The summed E-state index contributed by atoms with van der Waals surface area (Å²) in [7, 11) is 1.38. The number of carbonyl (C=O) groups excluding carboxylic acids is 1. The van der Waals surface area contributed by atoms with Gasteiger partial charge in [0.05, 0.1) is 19.3 Å². The van der Waals surface area contributed by atoms with E-state index >= 15 is 0 Å². The molecule has 0 spiro atoms. The fourth-order valence-electron chi connectivity index (χ4n) is 2.50. The number of ether oxygens (including phenoxy) is 3. The number of hydrogen-bond donors (Lipinski definition) is 1. The molecule has 31 heavy (non-hydrogen) atoms. The maximum atomic E-state index is 12.4. The number of carboxylic acid groups (broad SMARTS) is 1. The summed E-state index contributed by atoms with van der Waals surface area (Å²) in [5.74, 6) is -0.900. The highest BCUT2D eigenvalue weighted by Gasteiger charge is 2.25. The van der Waals surface area contributed by atoms with Crippen LogP contribution in [0.15, 0.2) is 48.5 Å². The van der Waals surface area contributed by atoms with Crippen molar-refractivity contribution in [3.8, 4) is 17.2 Å². The summed E-state index contributed by atoms with van der Waals surface area (Å²) in [6.45, 7) is 0.0822. The number of rotatable bonds is 10. The lowest BCUT2D eigenvalue weighted by atomic mass is 10.2. The number of halogens is 3. The Labute approximate surface area is 176 Å². The average molecular weight is 438 g/mol. The van der Waals surface area contributed by atoms with Gasteiger partial charge in [-0.3, -0.25) is 0 Å². The van der Waals surface area contributed by atoms with Crippen molar-refractivity contribution < 1.29 is 42.1 Å². The number of carbonyl (C=O) groups is 2. The molecular weight excluding hydrogens is 417 g/mol. The zero-order chi connectivity index (χ0) is 22.9. The van der Waals surface area contributed by atoms with Crippen molar-refractivity contribution in [1.29, 1.82) is 0 Å². The van der Waals surface area contributed by atoms with Crippen molar-refractivity contribution in [1.82, 2.24) is 0 Å². The Bertz CT molecular complexity index is 920. The molecule has 0 aromatic heterocycles. The first kappa shape index (κ1) is 23.8. The van der Waals surface area contributed by atoms with Crippen LogP contribution < -0.4 is 14.2 Å². The van der Waals surface area contributed by atoms with Gasteiger partial charge in [-0.1, -0.05) is 12.1 Å². The first-order valence-corrected chi connectivity index (χ1v) is 9.29. The van der Waals surface area contributed by atoms with E-state index in [0.717, 1.165) is 6.08 Å². The Morgan fingerprint density at radius 2 is 1.74 bits per heavy atom. The maximum Gasteiger partial charge on any atom is 0.389 e. The van der Waals surface area contributed by atoms with Crippen LogP contribution >= 0.6 is 0 Å². The van der Waals surface area contributed by atoms with E-state index < -0.39 is 24.5 Å². The van der Waals surface area contributed by atoms with Crippen molar-refractivity contribution in [2.75, 3.05) is 13.7 Å². The van der Waals surface area contributed by atoms with Gasteiger partial charge in [0.15, 0.2) is 11.5 Å². The molecule has 1 N–H and O–H groups in total. The molecule has 0 atom stereocenters. The molecule has 0 bridgehead atoms. The van der Waals surface area contributed by atoms with E-state index in [4.69, 9.17) is 19.3 Å². The predicted octanol–water partition coefficient (Wildman–Crippen LogP) is 5.12. The predicted molar refractivity (Wildman–Crippen MR) is 106 cm³/mol. The van der Waals surface area contributed by atoms with Gasteiger partial charge in [-0.25, -0.2) is 9.59 Å². The van der Waals surface area contributed by atoms with Crippen molar-refractivity contribution in [2.24, 2.45) is 0 Å². The van der Waals surface area contributed by atoms with Gasteiger partial charge in [0.1, 0.15) is 5.75 Å². The number of aliphatic carboxylic acids is 1. The molecule has 0 unspecified atom stereocenters. The molecule has 0 radical (unpaired) electrons. The molecule has 166 valence electrons. The molecule has 0 saturated heterocycles. The molecule has 2 aromatic carbocycles. The van der Waals surface area contributed by atoms with Gasteiger partial charge in [0, 0.05) is 12.5 Å². The number of esters is 1. The number of benzene rings is 2. The summed E-state index contributed by atoms with van der Waals surface area (Å²) in [6, 6.07) is 10.6. The zero-order valence-corrected chi connectivity index (χ0v) is 16.6. The number of alkyl halides is 3. The Morgan fingerprint density at radius 3 is 2.35 bits per heavy atom. The minimum absolute atomic E-state index is 0.0406. The van der Waals surface area contributed by atoms with Gasteiger partial charge in [-0.2, -0.15) is 13.2 Å². The van der Waals surface area contributed by atoms with Crippen LogP contribution in [0, 0.1) is 0 Å². The van der Waals surface area contributed by atoms with E-state index in [2.05, 4.69) is 0 Å². The van der Waals surface area contributed by atoms with Crippen LogP contribution in [-0.4, -0.2) is 36.9 Å². The van der Waals surface area contributed by atoms with Crippen LogP contribution in [0.3, 0.4) is 0 Å². The lowest BCUT2D eigenvalue weighted by Crippen LogP contribution is -2.10. The Balaban J connectivity index is 1.95. The van der Waals surface area contributed by atoms with E-state index in [9.17, 15) is 22.8 Å². The second kappa shape index (κ2) is 11.1. The minimum Gasteiger partial charge on any atom is -0.493 e. The SMILES string of the molecule is COc1cc(C(=O)Oc2ccc(C=CC(=O)O)cc2)ccc1OCCCCC(F)(F)F. The summed E-state index contributed by atoms with van der Waals surface area (Å²) in [6.07, 6.45) is -2.47. The van der Waals surface area contributed by atoms with Crippen molar-refractivity contribution in [2.45, 2.75) is 25.4 Å². The van der Waals surface area contributed by atoms with Crippen LogP contribution in [-0.2, 0) is 4.79 Å². The number of methoxy groups -OCH3 is 1. The van der Waals surface area contributed by atoms with Crippen LogP contribution in [0.1, 0.15) is 35.2 Å². The van der Waals surface area contributed by atoms with Crippen molar-refractivity contribution in [3.05, 3.63) is 59.7 Å². The largest absolute Gasteiger partial charge is 0.493 e. The van der Waals surface area contributed by atoms with Gasteiger partial charge in [-0.05, 0) is 54.8 Å². The molecule has 2 aromatic rings. The maximum absolute atomic E-state index is 12.4.